The molecule has 74 valence electrons. The van der Waals surface area contributed by atoms with E-state index in [0.717, 1.165) is 0 Å². The molecular weight excluding hydrogens is 269 g/mol. The lowest BCUT2D eigenvalue weighted by atomic mass is 10.5. The van der Waals surface area contributed by atoms with E-state index in [0.29, 0.717) is 0 Å². The second-order valence-electron chi connectivity index (χ2n) is 2.28. The van der Waals surface area contributed by atoms with E-state index in [1.165, 1.54) is 6.92 Å². The van der Waals surface area contributed by atoms with Gasteiger partial charge in [0.25, 0.3) is 0 Å². The number of rotatable bonds is 3. The van der Waals surface area contributed by atoms with Crippen molar-refractivity contribution >= 4 is 58.0 Å². The van der Waals surface area contributed by atoms with E-state index >= 15 is 0 Å². The first-order valence-corrected chi connectivity index (χ1v) is 4.76. The molecule has 0 aliphatic heterocycles. The molecule has 7 heteroatoms. The zero-order valence-corrected chi connectivity index (χ0v) is 9.81. The molecule has 0 fully saturated rings. The van der Waals surface area contributed by atoms with E-state index < -0.39 is 14.4 Å². The van der Waals surface area contributed by atoms with Gasteiger partial charge in [0.2, 0.25) is 10.1 Å². The number of aliphatic hydroxyl groups is 1. The third kappa shape index (κ3) is 6.84. The number of ether oxygens (including phenoxy) is 1. The third-order valence-corrected chi connectivity index (χ3v) is 1.55. The molecule has 0 heterocycles. The molecule has 1 N–H and O–H groups in total. The van der Waals surface area contributed by atoms with E-state index in [1.54, 1.807) is 0 Å². The highest BCUT2D eigenvalue weighted by Crippen LogP contribution is 2.32. The molecule has 0 amide bonds. The number of alkyl halides is 5. The van der Waals surface area contributed by atoms with Gasteiger partial charge in [-0.1, -0.05) is 58.0 Å². The highest BCUT2D eigenvalue weighted by atomic mass is 35.6. The highest BCUT2D eigenvalue weighted by Gasteiger charge is 2.33. The molecule has 0 spiro atoms. The molecular formula is C5H7Cl5O2. The first kappa shape index (κ1) is 13.4. The number of hydrogen-bond donors (Lipinski definition) is 1. The van der Waals surface area contributed by atoms with Gasteiger partial charge in [0.15, 0.2) is 0 Å². The van der Waals surface area contributed by atoms with Gasteiger partial charge in [0, 0.05) is 0 Å². The Morgan fingerprint density at radius 2 is 1.67 bits per heavy atom. The molecule has 0 radical (unpaired) electrons. The fourth-order valence-corrected chi connectivity index (χ4v) is 0.635. The van der Waals surface area contributed by atoms with E-state index in [4.69, 9.17) is 63.1 Å². The second kappa shape index (κ2) is 4.74. The Morgan fingerprint density at radius 3 is 1.92 bits per heavy atom. The lowest BCUT2D eigenvalue weighted by Gasteiger charge is -2.22. The molecule has 0 aromatic carbocycles. The zero-order valence-electron chi connectivity index (χ0n) is 6.03. The smallest absolute Gasteiger partial charge is 0.240 e. The molecule has 0 bridgehead atoms. The molecule has 0 aliphatic carbocycles. The van der Waals surface area contributed by atoms with Crippen LogP contribution in [0.5, 0.6) is 0 Å². The minimum atomic E-state index is -1.89. The summed E-state index contributed by atoms with van der Waals surface area (Å²) in [5, 5.41) is 9.01. The quantitative estimate of drug-likeness (QED) is 0.634. The number of aliphatic hydroxyl groups excluding tert-OH is 1. The molecule has 0 aromatic heterocycles. The van der Waals surface area contributed by atoms with Gasteiger partial charge in [-0.2, -0.15) is 0 Å². The van der Waals surface area contributed by atoms with Crippen LogP contribution in [0.15, 0.2) is 0 Å². The van der Waals surface area contributed by atoms with Gasteiger partial charge in [0.1, 0.15) is 4.33 Å². The first-order valence-electron chi connectivity index (χ1n) is 2.87. The van der Waals surface area contributed by atoms with Gasteiger partial charge in [-0.05, 0) is 6.92 Å². The van der Waals surface area contributed by atoms with Crippen molar-refractivity contribution in [3.05, 3.63) is 0 Å². The van der Waals surface area contributed by atoms with Crippen molar-refractivity contribution in [3.63, 3.8) is 0 Å². The Kier molecular flexibility index (Phi) is 5.28. The second-order valence-corrected chi connectivity index (χ2v) is 6.51. The Hall–Kier alpha value is 1.37. The lowest BCUT2D eigenvalue weighted by molar-refractivity contribution is -0.0965. The Bertz CT molecular complexity index is 138. The molecule has 0 rings (SSSR count). The number of hydrogen-bond acceptors (Lipinski definition) is 2. The summed E-state index contributed by atoms with van der Waals surface area (Å²) in [5.74, 6) is 0. The average Bonchev–Trinajstić information content (AvgIpc) is 1.78. The first-order chi connectivity index (χ1) is 5.13. The van der Waals surface area contributed by atoms with Crippen LogP contribution in [0.4, 0.5) is 0 Å². The van der Waals surface area contributed by atoms with Crippen molar-refractivity contribution in [2.24, 2.45) is 0 Å². The van der Waals surface area contributed by atoms with E-state index in [1.807, 2.05) is 0 Å². The van der Waals surface area contributed by atoms with Crippen LogP contribution in [0.1, 0.15) is 6.92 Å². The van der Waals surface area contributed by atoms with Gasteiger partial charge in [-0.15, -0.1) is 0 Å². The molecule has 1 unspecified atom stereocenters. The van der Waals surface area contributed by atoms with Crippen LogP contribution in [0.2, 0.25) is 0 Å². The molecule has 12 heavy (non-hydrogen) atoms. The van der Waals surface area contributed by atoms with Crippen molar-refractivity contribution in [2.75, 3.05) is 6.61 Å². The van der Waals surface area contributed by atoms with Crippen LogP contribution in [-0.4, -0.2) is 26.1 Å². The predicted molar refractivity (Wildman–Crippen MR) is 52.4 cm³/mol. The topological polar surface area (TPSA) is 29.5 Å². The van der Waals surface area contributed by atoms with Gasteiger partial charge >= 0.3 is 0 Å². The summed E-state index contributed by atoms with van der Waals surface area (Å²) in [4.78, 5) is 0. The van der Waals surface area contributed by atoms with Crippen LogP contribution >= 0.6 is 58.0 Å². The van der Waals surface area contributed by atoms with E-state index in [9.17, 15) is 0 Å². The zero-order chi connectivity index (χ0) is 9.99. The molecule has 0 saturated heterocycles. The summed E-state index contributed by atoms with van der Waals surface area (Å²) in [6.07, 6.45) is -1.54. The molecule has 1 atom stereocenters. The minimum absolute atomic E-state index is 0.134. The van der Waals surface area contributed by atoms with Crippen LogP contribution in [-0.2, 0) is 4.74 Å². The lowest BCUT2D eigenvalue weighted by Crippen LogP contribution is -2.32. The Morgan fingerprint density at radius 1 is 1.25 bits per heavy atom. The van der Waals surface area contributed by atoms with Gasteiger partial charge < -0.3 is 9.84 Å². The third-order valence-electron chi connectivity index (χ3n) is 0.775. The predicted octanol–water partition coefficient (Wildman–Crippen LogP) is 2.89. The van der Waals surface area contributed by atoms with Crippen molar-refractivity contribution in [1.29, 1.82) is 0 Å². The normalized spacial score (nSPS) is 16.2. The van der Waals surface area contributed by atoms with Crippen molar-refractivity contribution < 1.29 is 9.84 Å². The van der Waals surface area contributed by atoms with Crippen LogP contribution in [0.25, 0.3) is 0 Å². The Balaban J connectivity index is 3.80. The minimum Gasteiger partial charge on any atom is -0.365 e. The van der Waals surface area contributed by atoms with Crippen LogP contribution < -0.4 is 0 Å². The van der Waals surface area contributed by atoms with E-state index in [2.05, 4.69) is 4.74 Å². The summed E-state index contributed by atoms with van der Waals surface area (Å²) in [7, 11) is 0. The average molecular weight is 276 g/mol. The highest BCUT2D eigenvalue weighted by molar-refractivity contribution is 6.67. The summed E-state index contributed by atoms with van der Waals surface area (Å²) in [6, 6.07) is 0. The molecule has 0 aromatic rings. The van der Waals surface area contributed by atoms with Gasteiger partial charge in [0.05, 0.1) is 6.61 Å². The fraction of sp³-hybridized carbons (Fsp3) is 1.00. The van der Waals surface area contributed by atoms with Crippen molar-refractivity contribution in [3.8, 4) is 0 Å². The summed E-state index contributed by atoms with van der Waals surface area (Å²) in [5.41, 5.74) is 0. The number of halogens is 5. The van der Waals surface area contributed by atoms with E-state index in [-0.39, 0.29) is 6.61 Å². The fourth-order valence-electron chi connectivity index (χ4n) is 0.320. The van der Waals surface area contributed by atoms with Gasteiger partial charge in [-0.25, -0.2) is 0 Å². The molecule has 0 saturated carbocycles. The maximum atomic E-state index is 9.01. The largest absolute Gasteiger partial charge is 0.365 e. The molecule has 2 nitrogen and oxygen atoms in total. The molecule has 0 aliphatic rings. The standard InChI is InChI=1S/C5H7Cl5O2/c1-4(6,7)2-12-3(11)5(8,9)10/h3,11H,2H2,1H3. The van der Waals surface area contributed by atoms with Crippen molar-refractivity contribution in [2.45, 2.75) is 21.3 Å². The SMILES string of the molecule is CC(Cl)(Cl)COC(O)C(Cl)(Cl)Cl. The maximum absolute atomic E-state index is 9.01. The summed E-state index contributed by atoms with van der Waals surface area (Å²) >= 11 is 26.9. The monoisotopic (exact) mass is 274 g/mol. The maximum Gasteiger partial charge on any atom is 0.240 e. The van der Waals surface area contributed by atoms with Crippen molar-refractivity contribution in [1.82, 2.24) is 0 Å². The van der Waals surface area contributed by atoms with Crippen LogP contribution in [0, 0.1) is 0 Å². The summed E-state index contributed by atoms with van der Waals surface area (Å²) in [6.45, 7) is 1.35. The van der Waals surface area contributed by atoms with Gasteiger partial charge in [-0.3, -0.25) is 0 Å². The van der Waals surface area contributed by atoms with Crippen LogP contribution in [0.3, 0.4) is 0 Å². The Labute approximate surface area is 95.6 Å². The summed E-state index contributed by atoms with van der Waals surface area (Å²) < 4.78 is 1.66.